The van der Waals surface area contributed by atoms with Crippen molar-refractivity contribution in [2.24, 2.45) is 17.0 Å². The Balaban J connectivity index is 1.72. The number of fused-ring (bicyclic) bond motifs is 3. The first-order chi connectivity index (χ1) is 16.4. The Hall–Kier alpha value is -4.38. The van der Waals surface area contributed by atoms with Crippen LogP contribution in [0.5, 0.6) is 11.5 Å². The first-order valence-corrected chi connectivity index (χ1v) is 11.1. The van der Waals surface area contributed by atoms with E-state index in [-0.39, 0.29) is 11.5 Å². The second-order valence-electron chi connectivity index (χ2n) is 8.55. The fourth-order valence-electron chi connectivity index (χ4n) is 4.42. The quantitative estimate of drug-likeness (QED) is 0.295. The minimum absolute atomic E-state index is 0.198. The lowest BCUT2D eigenvalue weighted by Gasteiger charge is -2.06. The van der Waals surface area contributed by atoms with E-state index in [1.54, 1.807) is 36.7 Å². The highest BCUT2D eigenvalue weighted by molar-refractivity contribution is 6.15. The molecule has 34 heavy (non-hydrogen) atoms. The van der Waals surface area contributed by atoms with Crippen molar-refractivity contribution in [3.8, 4) is 11.5 Å². The van der Waals surface area contributed by atoms with Crippen LogP contribution in [0.15, 0.2) is 82.8 Å². The molecule has 1 aromatic heterocycles. The summed E-state index contributed by atoms with van der Waals surface area (Å²) in [4.78, 5) is 9.52. The van der Waals surface area contributed by atoms with Gasteiger partial charge in [-0.05, 0) is 73.5 Å². The summed E-state index contributed by atoms with van der Waals surface area (Å²) in [7, 11) is 2.02. The van der Waals surface area contributed by atoms with Crippen LogP contribution in [0.4, 0.5) is 11.4 Å². The number of aromatic nitrogens is 1. The van der Waals surface area contributed by atoms with E-state index >= 15 is 0 Å². The Labute approximate surface area is 198 Å². The van der Waals surface area contributed by atoms with Crippen molar-refractivity contribution < 1.29 is 10.2 Å². The lowest BCUT2D eigenvalue weighted by molar-refractivity contribution is 0.474. The van der Waals surface area contributed by atoms with Crippen molar-refractivity contribution in [1.29, 1.82) is 0 Å². The van der Waals surface area contributed by atoms with Crippen LogP contribution in [0, 0.1) is 13.8 Å². The van der Waals surface area contributed by atoms with Gasteiger partial charge < -0.3 is 14.8 Å². The fraction of sp³-hybridized carbons (Fsp3) is 0.103. The number of phenols is 2. The zero-order valence-electron chi connectivity index (χ0n) is 19.3. The molecule has 0 saturated heterocycles. The molecule has 0 aliphatic carbocycles. The number of hydrogen-bond donors (Lipinski definition) is 2. The van der Waals surface area contributed by atoms with Gasteiger partial charge in [-0.25, -0.2) is 0 Å². The Morgan fingerprint density at radius 3 is 1.47 bits per heavy atom. The number of benzene rings is 4. The maximum Gasteiger partial charge on any atom is 0.124 e. The standard InChI is InChI=1S/C29H25N3O2/c1-18-12-22-23-13-19(2)15-25(31-17-21-9-5-7-11-27(21)34)29(23)32(3)28(22)24(14-18)30-16-20-8-4-6-10-26(20)33/h4-17,33-34H,1-3H3. The molecule has 0 bridgehead atoms. The van der Waals surface area contributed by atoms with Gasteiger partial charge in [0.05, 0.1) is 22.4 Å². The Morgan fingerprint density at radius 2 is 1.06 bits per heavy atom. The molecule has 1 heterocycles. The smallest absolute Gasteiger partial charge is 0.124 e. The second-order valence-corrected chi connectivity index (χ2v) is 8.55. The van der Waals surface area contributed by atoms with Gasteiger partial charge in [0.2, 0.25) is 0 Å². The van der Waals surface area contributed by atoms with Gasteiger partial charge in [0.1, 0.15) is 11.5 Å². The summed E-state index contributed by atoms with van der Waals surface area (Å²) in [5, 5.41) is 22.5. The average molecular weight is 448 g/mol. The molecule has 5 nitrogen and oxygen atoms in total. The number of aryl methyl sites for hydroxylation is 3. The molecule has 2 N–H and O–H groups in total. The Morgan fingerprint density at radius 1 is 0.647 bits per heavy atom. The Kier molecular flexibility index (Phi) is 5.38. The summed E-state index contributed by atoms with van der Waals surface area (Å²) >= 11 is 0. The van der Waals surface area contributed by atoms with Crippen molar-refractivity contribution in [2.75, 3.05) is 0 Å². The highest BCUT2D eigenvalue weighted by Gasteiger charge is 2.16. The van der Waals surface area contributed by atoms with Crippen molar-refractivity contribution in [1.82, 2.24) is 4.57 Å². The van der Waals surface area contributed by atoms with Crippen molar-refractivity contribution in [2.45, 2.75) is 13.8 Å². The summed E-state index contributed by atoms with van der Waals surface area (Å²) in [5.41, 5.74) is 7.18. The van der Waals surface area contributed by atoms with Crippen LogP contribution in [-0.4, -0.2) is 27.2 Å². The summed E-state index contributed by atoms with van der Waals surface area (Å²) in [6.45, 7) is 4.12. The fourth-order valence-corrected chi connectivity index (χ4v) is 4.42. The molecule has 5 heteroatoms. The van der Waals surface area contributed by atoms with Crippen molar-refractivity contribution in [3.05, 3.63) is 95.1 Å². The minimum atomic E-state index is 0.198. The molecule has 168 valence electrons. The monoisotopic (exact) mass is 447 g/mol. The first-order valence-electron chi connectivity index (χ1n) is 11.1. The third-order valence-electron chi connectivity index (χ3n) is 5.99. The average Bonchev–Trinajstić information content (AvgIpc) is 3.09. The molecule has 0 saturated carbocycles. The second kappa shape index (κ2) is 8.52. The highest BCUT2D eigenvalue weighted by Crippen LogP contribution is 2.40. The molecule has 5 aromatic rings. The van der Waals surface area contributed by atoms with Crippen LogP contribution < -0.4 is 0 Å². The maximum atomic E-state index is 10.1. The summed E-state index contributed by atoms with van der Waals surface area (Å²) < 4.78 is 2.12. The first kappa shape index (κ1) is 21.5. The van der Waals surface area contributed by atoms with E-state index in [2.05, 4.69) is 42.7 Å². The predicted molar refractivity (Wildman–Crippen MR) is 141 cm³/mol. The van der Waals surface area contributed by atoms with E-state index in [0.717, 1.165) is 44.3 Å². The summed E-state index contributed by atoms with van der Waals surface area (Å²) in [6, 6.07) is 22.8. The molecule has 0 aliphatic rings. The van der Waals surface area contributed by atoms with E-state index in [1.807, 2.05) is 31.3 Å². The lowest BCUT2D eigenvalue weighted by atomic mass is 10.1. The van der Waals surface area contributed by atoms with Gasteiger partial charge in [-0.1, -0.05) is 24.3 Å². The number of hydrogen-bond acceptors (Lipinski definition) is 4. The molecule has 0 spiro atoms. The number of aliphatic imine (C=N–C) groups is 2. The lowest BCUT2D eigenvalue weighted by Crippen LogP contribution is -1.90. The summed E-state index contributed by atoms with van der Waals surface area (Å²) in [6.07, 6.45) is 3.40. The number of phenolic OH excluding ortho intramolecular Hbond substituents is 2. The molecular formula is C29H25N3O2. The number of rotatable bonds is 4. The summed E-state index contributed by atoms with van der Waals surface area (Å²) in [5.74, 6) is 0.396. The highest BCUT2D eigenvalue weighted by atomic mass is 16.3. The number of nitrogens with zero attached hydrogens (tertiary/aromatic N) is 3. The van der Waals surface area contributed by atoms with Gasteiger partial charge in [-0.2, -0.15) is 0 Å². The topological polar surface area (TPSA) is 70.1 Å². The molecule has 0 aliphatic heterocycles. The zero-order valence-corrected chi connectivity index (χ0v) is 19.3. The van der Waals surface area contributed by atoms with Crippen LogP contribution in [-0.2, 0) is 7.05 Å². The van der Waals surface area contributed by atoms with E-state index in [1.165, 1.54) is 0 Å². The third-order valence-corrected chi connectivity index (χ3v) is 5.99. The van der Waals surface area contributed by atoms with E-state index in [9.17, 15) is 10.2 Å². The number of para-hydroxylation sites is 2. The minimum Gasteiger partial charge on any atom is -0.507 e. The van der Waals surface area contributed by atoms with Crippen LogP contribution >= 0.6 is 0 Å². The van der Waals surface area contributed by atoms with Gasteiger partial charge in [-0.3, -0.25) is 9.98 Å². The van der Waals surface area contributed by atoms with Gasteiger partial charge in [0.15, 0.2) is 0 Å². The van der Waals surface area contributed by atoms with E-state index in [0.29, 0.717) is 11.1 Å². The molecule has 5 rings (SSSR count). The third kappa shape index (κ3) is 3.82. The van der Waals surface area contributed by atoms with Gasteiger partial charge in [0.25, 0.3) is 0 Å². The molecule has 0 radical (unpaired) electrons. The van der Waals surface area contributed by atoms with Crippen LogP contribution in [0.3, 0.4) is 0 Å². The Bertz CT molecular complexity index is 1490. The van der Waals surface area contributed by atoms with E-state index < -0.39 is 0 Å². The van der Waals surface area contributed by atoms with Gasteiger partial charge in [0, 0.05) is 41.4 Å². The zero-order chi connectivity index (χ0) is 23.8. The van der Waals surface area contributed by atoms with Gasteiger partial charge in [-0.15, -0.1) is 0 Å². The molecule has 0 amide bonds. The molecular weight excluding hydrogens is 422 g/mol. The predicted octanol–water partition coefficient (Wildman–Crippen LogP) is 6.86. The van der Waals surface area contributed by atoms with Crippen LogP contribution in [0.1, 0.15) is 22.3 Å². The number of aromatic hydroxyl groups is 2. The maximum absolute atomic E-state index is 10.1. The van der Waals surface area contributed by atoms with E-state index in [4.69, 9.17) is 9.98 Å². The van der Waals surface area contributed by atoms with Crippen molar-refractivity contribution >= 4 is 45.6 Å². The normalized spacial score (nSPS) is 12.0. The van der Waals surface area contributed by atoms with Gasteiger partial charge >= 0.3 is 0 Å². The van der Waals surface area contributed by atoms with Crippen LogP contribution in [0.25, 0.3) is 21.8 Å². The SMILES string of the molecule is Cc1cc(N=Cc2ccccc2O)c2c(c1)c1cc(C)cc(N=Cc3ccccc3O)c1n2C. The largest absolute Gasteiger partial charge is 0.507 e. The molecule has 4 aromatic carbocycles. The van der Waals surface area contributed by atoms with Crippen molar-refractivity contribution in [3.63, 3.8) is 0 Å². The molecule has 0 atom stereocenters. The van der Waals surface area contributed by atoms with Crippen LogP contribution in [0.2, 0.25) is 0 Å². The molecule has 0 unspecified atom stereocenters. The molecule has 0 fully saturated rings.